The molecule has 3 unspecified atom stereocenters. The Morgan fingerprint density at radius 3 is 2.56 bits per heavy atom. The number of halogens is 3. The normalized spacial score (nSPS) is 23.2. The van der Waals surface area contributed by atoms with Crippen molar-refractivity contribution in [3.8, 4) is 5.88 Å². The van der Waals surface area contributed by atoms with Gasteiger partial charge in [0.2, 0.25) is 5.88 Å². The Bertz CT molecular complexity index is 794. The van der Waals surface area contributed by atoms with Crippen molar-refractivity contribution in [3.05, 3.63) is 35.7 Å². The third kappa shape index (κ3) is 4.80. The molecular weight excluding hydrogens is 377 g/mol. The van der Waals surface area contributed by atoms with Gasteiger partial charge in [-0.25, -0.2) is 9.78 Å². The van der Waals surface area contributed by atoms with Gasteiger partial charge < -0.3 is 25.0 Å². The van der Waals surface area contributed by atoms with Gasteiger partial charge in [-0.3, -0.25) is 9.59 Å². The lowest BCUT2D eigenvalue weighted by atomic mass is 10.0. The molecule has 146 valence electrons. The quantitative estimate of drug-likeness (QED) is 0.616. The number of carbonyl (C=O) groups is 3. The monoisotopic (exact) mass is 390 g/mol. The van der Waals surface area contributed by atoms with Crippen LogP contribution in [0.3, 0.4) is 0 Å². The summed E-state index contributed by atoms with van der Waals surface area (Å²) in [6, 6.07) is 3.13. The summed E-state index contributed by atoms with van der Waals surface area (Å²) < 4.78 is 41.7. The second-order valence-electron chi connectivity index (χ2n) is 5.29. The molecule has 2 aliphatic rings. The molecule has 0 spiro atoms. The number of pyridine rings is 1. The van der Waals surface area contributed by atoms with Crippen molar-refractivity contribution in [2.75, 3.05) is 7.11 Å². The average Bonchev–Trinajstić information content (AvgIpc) is 3.40. The fraction of sp³-hybridized carbons (Fsp3) is 0.333. The Labute approximate surface area is 149 Å². The van der Waals surface area contributed by atoms with Crippen LogP contribution >= 0.6 is 0 Å². The van der Waals surface area contributed by atoms with Crippen molar-refractivity contribution in [1.29, 1.82) is 0 Å². The van der Waals surface area contributed by atoms with Crippen molar-refractivity contribution in [1.82, 2.24) is 10.3 Å². The van der Waals surface area contributed by atoms with Crippen molar-refractivity contribution < 1.29 is 47.2 Å². The van der Waals surface area contributed by atoms with Crippen LogP contribution in [-0.4, -0.2) is 64.5 Å². The highest BCUT2D eigenvalue weighted by molar-refractivity contribution is 6.01. The number of carboxylic acid groups (broad SMARTS) is 1. The van der Waals surface area contributed by atoms with Crippen molar-refractivity contribution >= 4 is 17.7 Å². The van der Waals surface area contributed by atoms with Gasteiger partial charge in [-0.15, -0.1) is 0 Å². The molecule has 1 aromatic rings. The predicted octanol–water partition coefficient (Wildman–Crippen LogP) is 0.0482. The zero-order valence-electron chi connectivity index (χ0n) is 13.6. The van der Waals surface area contributed by atoms with Crippen LogP contribution in [0.4, 0.5) is 13.2 Å². The van der Waals surface area contributed by atoms with Gasteiger partial charge >= 0.3 is 12.1 Å². The molecule has 0 aromatic carbocycles. The van der Waals surface area contributed by atoms with E-state index in [1.807, 2.05) is 0 Å². The van der Waals surface area contributed by atoms with E-state index in [0.29, 0.717) is 0 Å². The smallest absolute Gasteiger partial charge is 0.480 e. The number of hydrogen-bond donors (Lipinski definition) is 3. The van der Waals surface area contributed by atoms with Gasteiger partial charge in [-0.1, -0.05) is 0 Å². The molecule has 1 amide bonds. The maximum atomic E-state index is 12.1. The van der Waals surface area contributed by atoms with Gasteiger partial charge in [-0.05, 0) is 12.1 Å². The number of fused-ring (bicyclic) bond motifs is 1. The zero-order chi connectivity index (χ0) is 20.4. The SMILES string of the molecule is COc1ncccc1C(=O)NC1=CC(=O)C2OC2C1O.O=C(O)C(F)(F)F. The maximum absolute atomic E-state index is 12.1. The summed E-state index contributed by atoms with van der Waals surface area (Å²) in [6.07, 6.45) is -4.53. The van der Waals surface area contributed by atoms with Crippen LogP contribution in [0.2, 0.25) is 0 Å². The fourth-order valence-corrected chi connectivity index (χ4v) is 2.13. The summed E-state index contributed by atoms with van der Waals surface area (Å²) in [4.78, 5) is 36.5. The topological polar surface area (TPSA) is 138 Å². The molecule has 1 fully saturated rings. The van der Waals surface area contributed by atoms with Crippen molar-refractivity contribution in [2.24, 2.45) is 0 Å². The molecule has 9 nitrogen and oxygen atoms in total. The van der Waals surface area contributed by atoms with Crippen LogP contribution in [0.15, 0.2) is 30.1 Å². The second kappa shape index (κ2) is 7.72. The lowest BCUT2D eigenvalue weighted by Crippen LogP contribution is -2.37. The molecule has 2 heterocycles. The van der Waals surface area contributed by atoms with Crippen LogP contribution in [0, 0.1) is 0 Å². The largest absolute Gasteiger partial charge is 0.490 e. The van der Waals surface area contributed by atoms with E-state index in [2.05, 4.69) is 10.3 Å². The summed E-state index contributed by atoms with van der Waals surface area (Å²) in [7, 11) is 1.40. The van der Waals surface area contributed by atoms with E-state index in [0.717, 1.165) is 0 Å². The minimum atomic E-state index is -5.08. The van der Waals surface area contributed by atoms with Crippen LogP contribution < -0.4 is 10.1 Å². The van der Waals surface area contributed by atoms with E-state index in [4.69, 9.17) is 19.4 Å². The van der Waals surface area contributed by atoms with Gasteiger partial charge in [0.25, 0.3) is 5.91 Å². The molecule has 1 saturated heterocycles. The van der Waals surface area contributed by atoms with E-state index in [9.17, 15) is 27.9 Å². The number of nitrogens with one attached hydrogen (secondary N) is 1. The molecular formula is C15H13F3N2O7. The van der Waals surface area contributed by atoms with Crippen LogP contribution in [0.1, 0.15) is 10.4 Å². The number of epoxide rings is 1. The van der Waals surface area contributed by atoms with Crippen molar-refractivity contribution in [3.63, 3.8) is 0 Å². The van der Waals surface area contributed by atoms with Crippen LogP contribution in [-0.2, 0) is 14.3 Å². The Kier molecular flexibility index (Phi) is 5.81. The maximum Gasteiger partial charge on any atom is 0.490 e. The van der Waals surface area contributed by atoms with Gasteiger partial charge in [0.1, 0.15) is 23.9 Å². The van der Waals surface area contributed by atoms with Gasteiger partial charge in [0.05, 0.1) is 12.8 Å². The molecule has 1 aromatic heterocycles. The highest BCUT2D eigenvalue weighted by atomic mass is 19.4. The van der Waals surface area contributed by atoms with E-state index < -0.39 is 36.4 Å². The Balaban J connectivity index is 0.000000321. The molecule has 0 bridgehead atoms. The number of hydrogen-bond acceptors (Lipinski definition) is 7. The first kappa shape index (κ1) is 20.3. The number of nitrogens with zero attached hydrogens (tertiary/aromatic N) is 1. The molecule has 0 radical (unpaired) electrons. The zero-order valence-corrected chi connectivity index (χ0v) is 13.6. The summed E-state index contributed by atoms with van der Waals surface area (Å²) in [5.41, 5.74) is 0.346. The van der Waals surface area contributed by atoms with E-state index in [1.165, 1.54) is 25.4 Å². The average molecular weight is 390 g/mol. The lowest BCUT2D eigenvalue weighted by Gasteiger charge is -2.17. The lowest BCUT2D eigenvalue weighted by molar-refractivity contribution is -0.192. The molecule has 3 rings (SSSR count). The summed E-state index contributed by atoms with van der Waals surface area (Å²) in [6.45, 7) is 0. The first-order chi connectivity index (χ1) is 12.6. The van der Waals surface area contributed by atoms with E-state index in [1.54, 1.807) is 6.07 Å². The molecule has 0 saturated carbocycles. The van der Waals surface area contributed by atoms with Crippen LogP contribution in [0.5, 0.6) is 5.88 Å². The van der Waals surface area contributed by atoms with Crippen molar-refractivity contribution in [2.45, 2.75) is 24.5 Å². The van der Waals surface area contributed by atoms with E-state index >= 15 is 0 Å². The number of aliphatic hydroxyl groups excluding tert-OH is 1. The number of rotatable bonds is 3. The molecule has 3 atom stereocenters. The highest BCUT2D eigenvalue weighted by Crippen LogP contribution is 2.33. The Morgan fingerprint density at radius 1 is 1.37 bits per heavy atom. The summed E-state index contributed by atoms with van der Waals surface area (Å²) in [5.74, 6) is -3.35. The number of ether oxygens (including phenoxy) is 2. The first-order valence-electron chi connectivity index (χ1n) is 7.25. The Morgan fingerprint density at radius 2 is 2.00 bits per heavy atom. The van der Waals surface area contributed by atoms with E-state index in [-0.39, 0.29) is 22.9 Å². The fourth-order valence-electron chi connectivity index (χ4n) is 2.13. The number of ketones is 1. The number of aromatic nitrogens is 1. The third-order valence-corrected chi connectivity index (χ3v) is 3.44. The number of carboxylic acids is 1. The third-order valence-electron chi connectivity index (χ3n) is 3.44. The number of amides is 1. The molecule has 1 aliphatic heterocycles. The van der Waals surface area contributed by atoms with Gasteiger partial charge in [0, 0.05) is 12.3 Å². The molecule has 27 heavy (non-hydrogen) atoms. The summed E-state index contributed by atoms with van der Waals surface area (Å²) >= 11 is 0. The molecule has 12 heteroatoms. The highest BCUT2D eigenvalue weighted by Gasteiger charge is 2.53. The molecule has 1 aliphatic carbocycles. The number of alkyl halides is 3. The second-order valence-corrected chi connectivity index (χ2v) is 5.29. The standard InChI is InChI=1S/C13H12N2O5.C2HF3O2/c1-19-13-6(3-2-4-14-13)12(18)15-7-5-8(16)10-11(20-10)9(7)17;3-2(4,5)1(6)7/h2-5,9-11,17H,1H3,(H,15,18);(H,6,7). The van der Waals surface area contributed by atoms with Gasteiger partial charge in [-0.2, -0.15) is 13.2 Å². The number of aliphatic hydroxyl groups is 1. The van der Waals surface area contributed by atoms with Gasteiger partial charge in [0.15, 0.2) is 5.78 Å². The Hall–Kier alpha value is -2.99. The number of methoxy groups -OCH3 is 1. The first-order valence-corrected chi connectivity index (χ1v) is 7.25. The summed E-state index contributed by atoms with van der Waals surface area (Å²) in [5, 5.41) is 19.5. The predicted molar refractivity (Wildman–Crippen MR) is 79.7 cm³/mol. The number of carbonyl (C=O) groups excluding carboxylic acids is 2. The minimum absolute atomic E-state index is 0.129. The minimum Gasteiger partial charge on any atom is -0.480 e. The number of aliphatic carboxylic acids is 1. The molecule has 3 N–H and O–H groups in total. The van der Waals surface area contributed by atoms with Crippen LogP contribution in [0.25, 0.3) is 0 Å².